The summed E-state index contributed by atoms with van der Waals surface area (Å²) >= 11 is 0. The van der Waals surface area contributed by atoms with E-state index in [-0.39, 0.29) is 0 Å². The van der Waals surface area contributed by atoms with Gasteiger partial charge in [0.25, 0.3) is 0 Å². The Hall–Kier alpha value is -1.60. The van der Waals surface area contributed by atoms with Gasteiger partial charge in [0.05, 0.1) is 5.69 Å². The van der Waals surface area contributed by atoms with Crippen LogP contribution in [0.5, 0.6) is 0 Å². The molecular formula is C20H27F4N3O. The number of hydrogen-bond donors (Lipinski definition) is 1. The van der Waals surface area contributed by atoms with E-state index in [2.05, 4.69) is 10.4 Å². The van der Waals surface area contributed by atoms with Crippen LogP contribution < -0.4 is 5.32 Å². The zero-order chi connectivity index (χ0) is 20.1. The second-order valence-electron chi connectivity index (χ2n) is 8.71. The lowest BCUT2D eigenvalue weighted by Crippen LogP contribution is -2.59. The lowest BCUT2D eigenvalue weighted by Gasteiger charge is -2.43. The number of hydrogen-bond acceptors (Lipinski definition) is 2. The Morgan fingerprint density at radius 1 is 1.07 bits per heavy atom. The van der Waals surface area contributed by atoms with Crippen molar-refractivity contribution in [2.75, 3.05) is 5.32 Å². The molecule has 3 saturated carbocycles. The van der Waals surface area contributed by atoms with Crippen molar-refractivity contribution in [3.8, 4) is 0 Å². The van der Waals surface area contributed by atoms with E-state index in [9.17, 15) is 22.4 Å². The van der Waals surface area contributed by atoms with Crippen LogP contribution in [0.1, 0.15) is 87.3 Å². The van der Waals surface area contributed by atoms with Gasteiger partial charge in [-0.1, -0.05) is 25.7 Å². The van der Waals surface area contributed by atoms with E-state index in [1.807, 2.05) is 0 Å². The number of aromatic nitrogens is 2. The van der Waals surface area contributed by atoms with Gasteiger partial charge >= 0.3 is 11.8 Å². The molecule has 1 aromatic heterocycles. The third-order valence-corrected chi connectivity index (χ3v) is 6.81. The van der Waals surface area contributed by atoms with E-state index in [0.717, 1.165) is 56.2 Å². The third-order valence-electron chi connectivity index (χ3n) is 6.81. The number of nitrogens with one attached hydrogen (secondary N) is 1. The highest BCUT2D eigenvalue weighted by Gasteiger charge is 2.71. The molecule has 3 aliphatic rings. The highest BCUT2D eigenvalue weighted by Crippen LogP contribution is 2.56. The Kier molecular flexibility index (Phi) is 4.94. The van der Waals surface area contributed by atoms with Crippen LogP contribution in [-0.2, 0) is 11.8 Å². The van der Waals surface area contributed by atoms with Crippen LogP contribution in [0, 0.1) is 5.92 Å². The SMILES string of the molecule is Cn1nc(C2CCCCC2)c(C2CCC2)c1NC(=O)C[C@H]1CC(F)(F)C1(F)F. The Morgan fingerprint density at radius 3 is 2.25 bits per heavy atom. The molecule has 8 heteroatoms. The predicted octanol–water partition coefficient (Wildman–Crippen LogP) is 5.35. The summed E-state index contributed by atoms with van der Waals surface area (Å²) in [6.45, 7) is 0. The van der Waals surface area contributed by atoms with Crippen LogP contribution in [0.25, 0.3) is 0 Å². The standard InChI is InChI=1S/C20H27F4N3O/c1-27-18(25-15(28)10-14-11-19(21,22)20(14,23)24)16(12-8-5-9-12)17(26-27)13-6-3-2-4-7-13/h12-14H,2-11H2,1H3,(H,25,28)/t14-/m0/s1. The second-order valence-corrected chi connectivity index (χ2v) is 8.71. The minimum atomic E-state index is -4.11. The van der Waals surface area contributed by atoms with E-state index in [1.54, 1.807) is 11.7 Å². The minimum Gasteiger partial charge on any atom is -0.311 e. The van der Waals surface area contributed by atoms with Crippen molar-refractivity contribution in [1.29, 1.82) is 0 Å². The Labute approximate surface area is 162 Å². The van der Waals surface area contributed by atoms with Crippen molar-refractivity contribution < 1.29 is 22.4 Å². The number of amides is 1. The normalized spacial score (nSPS) is 27.1. The van der Waals surface area contributed by atoms with Crippen molar-refractivity contribution in [3.05, 3.63) is 11.3 Å². The van der Waals surface area contributed by atoms with E-state index in [1.165, 1.54) is 6.42 Å². The van der Waals surface area contributed by atoms with Crippen molar-refractivity contribution in [3.63, 3.8) is 0 Å². The zero-order valence-electron chi connectivity index (χ0n) is 16.1. The maximum atomic E-state index is 13.5. The van der Waals surface area contributed by atoms with Gasteiger partial charge in [-0.25, -0.2) is 0 Å². The van der Waals surface area contributed by atoms with Crippen molar-refractivity contribution >= 4 is 11.7 Å². The molecule has 0 unspecified atom stereocenters. The fourth-order valence-electron chi connectivity index (χ4n) is 4.83. The molecule has 4 nitrogen and oxygen atoms in total. The molecule has 0 aromatic carbocycles. The van der Waals surface area contributed by atoms with E-state index in [4.69, 9.17) is 0 Å². The summed E-state index contributed by atoms with van der Waals surface area (Å²) in [5, 5.41) is 7.42. The average Bonchev–Trinajstić information content (AvgIpc) is 2.90. The van der Waals surface area contributed by atoms with Crippen LogP contribution >= 0.6 is 0 Å². The number of rotatable bonds is 5. The number of nitrogens with zero attached hydrogens (tertiary/aromatic N) is 2. The second kappa shape index (κ2) is 7.02. The highest BCUT2D eigenvalue weighted by atomic mass is 19.3. The van der Waals surface area contributed by atoms with E-state index >= 15 is 0 Å². The minimum absolute atomic E-state index is 0.329. The van der Waals surface area contributed by atoms with Crippen molar-refractivity contribution in [2.45, 2.75) is 87.9 Å². The van der Waals surface area contributed by atoms with E-state index in [0.29, 0.717) is 17.7 Å². The van der Waals surface area contributed by atoms with Crippen LogP contribution in [-0.4, -0.2) is 27.5 Å². The molecule has 3 fully saturated rings. The van der Waals surface area contributed by atoms with Gasteiger partial charge < -0.3 is 5.32 Å². The Bertz CT molecular complexity index is 751. The molecule has 1 N–H and O–H groups in total. The van der Waals surface area contributed by atoms with Gasteiger partial charge in [0.1, 0.15) is 5.82 Å². The van der Waals surface area contributed by atoms with Gasteiger partial charge in [-0.3, -0.25) is 9.48 Å². The summed E-state index contributed by atoms with van der Waals surface area (Å²) in [4.78, 5) is 12.4. The Morgan fingerprint density at radius 2 is 1.71 bits per heavy atom. The first-order valence-corrected chi connectivity index (χ1v) is 10.3. The lowest BCUT2D eigenvalue weighted by molar-refractivity contribution is -0.313. The summed E-state index contributed by atoms with van der Waals surface area (Å²) in [6.07, 6.45) is 7.35. The summed E-state index contributed by atoms with van der Waals surface area (Å²) in [7, 11) is 1.75. The molecule has 0 saturated heterocycles. The first-order chi connectivity index (χ1) is 13.2. The fourth-order valence-corrected chi connectivity index (χ4v) is 4.83. The van der Waals surface area contributed by atoms with E-state index < -0.39 is 36.5 Å². The number of anilines is 1. The average molecular weight is 401 g/mol. The van der Waals surface area contributed by atoms with Gasteiger partial charge in [-0.15, -0.1) is 0 Å². The monoisotopic (exact) mass is 401 g/mol. The molecule has 0 radical (unpaired) electrons. The quantitative estimate of drug-likeness (QED) is 0.676. The number of carbonyl (C=O) groups is 1. The zero-order valence-corrected chi connectivity index (χ0v) is 16.1. The van der Waals surface area contributed by atoms with Gasteiger partial charge in [0.2, 0.25) is 5.91 Å². The molecular weight excluding hydrogens is 374 g/mol. The topological polar surface area (TPSA) is 46.9 Å². The highest BCUT2D eigenvalue weighted by molar-refractivity contribution is 5.91. The Balaban J connectivity index is 1.52. The maximum Gasteiger partial charge on any atom is 0.313 e. The van der Waals surface area contributed by atoms with Gasteiger partial charge in [0, 0.05) is 37.3 Å². The van der Waals surface area contributed by atoms with Crippen molar-refractivity contribution in [1.82, 2.24) is 9.78 Å². The molecule has 0 aliphatic heterocycles. The van der Waals surface area contributed by atoms with Gasteiger partial charge in [-0.05, 0) is 31.6 Å². The summed E-state index contributed by atoms with van der Waals surface area (Å²) in [6, 6.07) is 0. The smallest absolute Gasteiger partial charge is 0.311 e. The predicted molar refractivity (Wildman–Crippen MR) is 96.9 cm³/mol. The summed E-state index contributed by atoms with van der Waals surface area (Å²) in [5.74, 6) is -9.10. The van der Waals surface area contributed by atoms with Crippen LogP contribution in [0.15, 0.2) is 0 Å². The molecule has 4 rings (SSSR count). The third kappa shape index (κ3) is 3.22. The lowest BCUT2D eigenvalue weighted by atomic mass is 9.74. The first kappa shape index (κ1) is 19.7. The summed E-state index contributed by atoms with van der Waals surface area (Å²) < 4.78 is 54.8. The number of aryl methyl sites for hydroxylation is 1. The number of carbonyl (C=O) groups excluding carboxylic acids is 1. The van der Waals surface area contributed by atoms with Crippen LogP contribution in [0.2, 0.25) is 0 Å². The molecule has 1 aromatic rings. The number of halogens is 4. The molecule has 3 aliphatic carbocycles. The molecule has 156 valence electrons. The molecule has 1 amide bonds. The largest absolute Gasteiger partial charge is 0.313 e. The fraction of sp³-hybridized carbons (Fsp3) is 0.800. The molecule has 1 atom stereocenters. The number of alkyl halides is 4. The maximum absolute atomic E-state index is 13.5. The van der Waals surface area contributed by atoms with Crippen molar-refractivity contribution in [2.24, 2.45) is 13.0 Å². The van der Waals surface area contributed by atoms with Crippen LogP contribution in [0.3, 0.4) is 0 Å². The molecule has 0 spiro atoms. The molecule has 28 heavy (non-hydrogen) atoms. The first-order valence-electron chi connectivity index (χ1n) is 10.3. The molecule has 0 bridgehead atoms. The van der Waals surface area contributed by atoms with Gasteiger partial charge in [-0.2, -0.15) is 22.7 Å². The van der Waals surface area contributed by atoms with Crippen LogP contribution in [0.4, 0.5) is 23.4 Å². The molecule has 1 heterocycles. The van der Waals surface area contributed by atoms with Gasteiger partial charge in [0.15, 0.2) is 0 Å². The summed E-state index contributed by atoms with van der Waals surface area (Å²) in [5.41, 5.74) is 2.07.